The molecule has 1 saturated heterocycles. The molecule has 0 saturated carbocycles. The van der Waals surface area contributed by atoms with Crippen molar-refractivity contribution in [2.75, 3.05) is 31.7 Å². The van der Waals surface area contributed by atoms with E-state index in [0.717, 1.165) is 39.0 Å². The zero-order valence-electron chi connectivity index (χ0n) is 11.9. The van der Waals surface area contributed by atoms with E-state index in [4.69, 9.17) is 9.72 Å². The molecule has 4 nitrogen and oxygen atoms in total. The molecule has 0 radical (unpaired) electrons. The maximum absolute atomic E-state index is 5.11. The van der Waals surface area contributed by atoms with Gasteiger partial charge in [0.1, 0.15) is 5.82 Å². The predicted molar refractivity (Wildman–Crippen MR) is 76.7 cm³/mol. The van der Waals surface area contributed by atoms with Gasteiger partial charge in [-0.3, -0.25) is 0 Å². The van der Waals surface area contributed by atoms with Crippen molar-refractivity contribution in [3.05, 3.63) is 23.4 Å². The lowest BCUT2D eigenvalue weighted by atomic mass is 10.1. The topological polar surface area (TPSA) is 37.4 Å². The molecule has 0 aliphatic carbocycles. The number of pyridine rings is 1. The number of piperazine rings is 1. The Kier molecular flexibility index (Phi) is 3.71. The molecule has 19 heavy (non-hydrogen) atoms. The third-order valence-corrected chi connectivity index (χ3v) is 4.18. The molecule has 1 N–H and O–H groups in total. The summed E-state index contributed by atoms with van der Waals surface area (Å²) in [5.41, 5.74) is 2.61. The summed E-state index contributed by atoms with van der Waals surface area (Å²) in [5, 5.41) is 3.51. The second-order valence-corrected chi connectivity index (χ2v) is 5.65. The fraction of sp³-hybridized carbons (Fsp3) is 0.667. The Hall–Kier alpha value is -1.13. The van der Waals surface area contributed by atoms with Crippen molar-refractivity contribution >= 4 is 5.82 Å². The molecule has 1 aromatic rings. The van der Waals surface area contributed by atoms with E-state index >= 15 is 0 Å². The number of fused-ring (bicyclic) bond motifs is 3. The smallest absolute Gasteiger partial charge is 0.132 e. The number of methoxy groups -OCH3 is 1. The van der Waals surface area contributed by atoms with Gasteiger partial charge in [-0.1, -0.05) is 6.07 Å². The average molecular weight is 261 g/mol. The van der Waals surface area contributed by atoms with Crippen molar-refractivity contribution in [3.8, 4) is 0 Å². The van der Waals surface area contributed by atoms with Crippen LogP contribution in [0, 0.1) is 0 Å². The lowest BCUT2D eigenvalue weighted by molar-refractivity contribution is 0.195. The molecule has 0 unspecified atom stereocenters. The largest absolute Gasteiger partial charge is 0.385 e. The van der Waals surface area contributed by atoms with Gasteiger partial charge in [0.25, 0.3) is 0 Å². The van der Waals surface area contributed by atoms with E-state index in [9.17, 15) is 0 Å². The molecule has 1 aromatic heterocycles. The average Bonchev–Trinajstić information content (AvgIpc) is 2.78. The summed E-state index contributed by atoms with van der Waals surface area (Å²) in [6, 6.07) is 5.60. The van der Waals surface area contributed by atoms with Crippen LogP contribution >= 0.6 is 0 Å². The molecule has 2 atom stereocenters. The van der Waals surface area contributed by atoms with Gasteiger partial charge in [-0.05, 0) is 37.8 Å². The SMILES string of the molecule is COCCCc1ccc2c(n1)N1[C@@H](CNC[C@H]1C)C2. The van der Waals surface area contributed by atoms with Gasteiger partial charge in [-0.2, -0.15) is 0 Å². The van der Waals surface area contributed by atoms with E-state index in [2.05, 4.69) is 29.3 Å². The minimum Gasteiger partial charge on any atom is -0.385 e. The van der Waals surface area contributed by atoms with E-state index < -0.39 is 0 Å². The van der Waals surface area contributed by atoms with Gasteiger partial charge in [0.2, 0.25) is 0 Å². The number of anilines is 1. The van der Waals surface area contributed by atoms with Crippen LogP contribution in [0.15, 0.2) is 12.1 Å². The maximum atomic E-state index is 5.11. The van der Waals surface area contributed by atoms with Crippen molar-refractivity contribution < 1.29 is 4.74 Å². The van der Waals surface area contributed by atoms with Crippen molar-refractivity contribution in [2.45, 2.75) is 38.3 Å². The first-order valence-corrected chi connectivity index (χ1v) is 7.26. The Morgan fingerprint density at radius 2 is 2.32 bits per heavy atom. The predicted octanol–water partition coefficient (Wildman–Crippen LogP) is 1.38. The van der Waals surface area contributed by atoms with Crippen LogP contribution in [-0.4, -0.2) is 43.9 Å². The van der Waals surface area contributed by atoms with Crippen LogP contribution in [0.3, 0.4) is 0 Å². The van der Waals surface area contributed by atoms with Gasteiger partial charge in [0.15, 0.2) is 0 Å². The summed E-state index contributed by atoms with van der Waals surface area (Å²) in [6.07, 6.45) is 3.19. The molecule has 3 heterocycles. The number of aryl methyl sites for hydroxylation is 1. The summed E-state index contributed by atoms with van der Waals surface area (Å²) in [4.78, 5) is 7.42. The molecular weight excluding hydrogens is 238 g/mol. The fourth-order valence-corrected chi connectivity index (χ4v) is 3.26. The van der Waals surface area contributed by atoms with E-state index in [1.165, 1.54) is 17.1 Å². The van der Waals surface area contributed by atoms with Gasteiger partial charge in [-0.15, -0.1) is 0 Å². The molecule has 104 valence electrons. The zero-order valence-corrected chi connectivity index (χ0v) is 11.9. The van der Waals surface area contributed by atoms with E-state index in [1.54, 1.807) is 7.11 Å². The van der Waals surface area contributed by atoms with Crippen molar-refractivity contribution in [1.29, 1.82) is 0 Å². The van der Waals surface area contributed by atoms with Crippen molar-refractivity contribution in [2.24, 2.45) is 0 Å². The molecule has 0 bridgehead atoms. The van der Waals surface area contributed by atoms with Gasteiger partial charge >= 0.3 is 0 Å². The number of hydrogen-bond donors (Lipinski definition) is 1. The van der Waals surface area contributed by atoms with Gasteiger partial charge in [-0.25, -0.2) is 4.98 Å². The van der Waals surface area contributed by atoms with Crippen molar-refractivity contribution in [1.82, 2.24) is 10.3 Å². The molecule has 0 spiro atoms. The Bertz CT molecular complexity index is 449. The lowest BCUT2D eigenvalue weighted by Gasteiger charge is -2.37. The first-order valence-electron chi connectivity index (χ1n) is 7.26. The van der Waals surface area contributed by atoms with Crippen molar-refractivity contribution in [3.63, 3.8) is 0 Å². The first kappa shape index (κ1) is 12.9. The minimum absolute atomic E-state index is 0.543. The normalized spacial score (nSPS) is 25.3. The van der Waals surface area contributed by atoms with Crippen LogP contribution < -0.4 is 10.2 Å². The Balaban J connectivity index is 1.79. The molecular formula is C15H23N3O. The highest BCUT2D eigenvalue weighted by Crippen LogP contribution is 2.33. The molecule has 2 aliphatic rings. The highest BCUT2D eigenvalue weighted by atomic mass is 16.5. The molecule has 2 aliphatic heterocycles. The number of rotatable bonds is 4. The van der Waals surface area contributed by atoms with E-state index in [0.29, 0.717) is 12.1 Å². The number of nitrogens with one attached hydrogen (secondary N) is 1. The summed E-state index contributed by atoms with van der Waals surface area (Å²) < 4.78 is 5.11. The van der Waals surface area contributed by atoms with E-state index in [1.807, 2.05) is 0 Å². The monoisotopic (exact) mass is 261 g/mol. The van der Waals surface area contributed by atoms with Gasteiger partial charge in [0.05, 0.1) is 0 Å². The third-order valence-electron chi connectivity index (χ3n) is 4.18. The highest BCUT2D eigenvalue weighted by Gasteiger charge is 2.36. The first-order chi connectivity index (χ1) is 9.29. The quantitative estimate of drug-likeness (QED) is 0.831. The lowest BCUT2D eigenvalue weighted by Crippen LogP contribution is -2.55. The van der Waals surface area contributed by atoms with Crippen LogP contribution in [0.1, 0.15) is 24.6 Å². The van der Waals surface area contributed by atoms with E-state index in [-0.39, 0.29) is 0 Å². The van der Waals surface area contributed by atoms with Crippen LogP contribution in [0.25, 0.3) is 0 Å². The van der Waals surface area contributed by atoms with Gasteiger partial charge in [0, 0.05) is 44.6 Å². The summed E-state index contributed by atoms with van der Waals surface area (Å²) in [6.45, 7) is 5.24. The molecule has 3 rings (SSSR count). The second-order valence-electron chi connectivity index (χ2n) is 5.65. The van der Waals surface area contributed by atoms with Crippen LogP contribution in [-0.2, 0) is 17.6 Å². The van der Waals surface area contributed by atoms with Gasteiger partial charge < -0.3 is 15.0 Å². The number of nitrogens with zero attached hydrogens (tertiary/aromatic N) is 2. The second kappa shape index (κ2) is 5.47. The fourth-order valence-electron chi connectivity index (χ4n) is 3.26. The molecule has 0 aromatic carbocycles. The summed E-state index contributed by atoms with van der Waals surface area (Å²) in [5.74, 6) is 1.23. The number of ether oxygens (including phenoxy) is 1. The maximum Gasteiger partial charge on any atom is 0.132 e. The number of aromatic nitrogens is 1. The molecule has 4 heteroatoms. The molecule has 0 amide bonds. The summed E-state index contributed by atoms with van der Waals surface area (Å²) in [7, 11) is 1.75. The third kappa shape index (κ3) is 2.47. The molecule has 1 fully saturated rings. The van der Waals surface area contributed by atoms with Crippen LogP contribution in [0.5, 0.6) is 0 Å². The number of hydrogen-bond acceptors (Lipinski definition) is 4. The zero-order chi connectivity index (χ0) is 13.2. The Labute approximate surface area is 115 Å². The minimum atomic E-state index is 0.543. The summed E-state index contributed by atoms with van der Waals surface area (Å²) >= 11 is 0. The Morgan fingerprint density at radius 1 is 1.42 bits per heavy atom. The Morgan fingerprint density at radius 3 is 3.16 bits per heavy atom. The van der Waals surface area contributed by atoms with Crippen LogP contribution in [0.2, 0.25) is 0 Å². The van der Waals surface area contributed by atoms with Crippen LogP contribution in [0.4, 0.5) is 5.82 Å². The highest BCUT2D eigenvalue weighted by molar-refractivity contribution is 5.56. The standard InChI is InChI=1S/C15H23N3O/c1-11-9-16-10-14-8-12-5-6-13(4-3-7-19-2)17-15(12)18(11)14/h5-6,11,14,16H,3-4,7-10H2,1-2H3/t11-,14-/m1/s1.